The average Bonchev–Trinajstić information content (AvgIpc) is 2.86. The summed E-state index contributed by atoms with van der Waals surface area (Å²) in [5, 5.41) is 13.4. The summed E-state index contributed by atoms with van der Waals surface area (Å²) in [6, 6.07) is 5.19. The van der Waals surface area contributed by atoms with E-state index in [1.54, 1.807) is 33.9 Å². The van der Waals surface area contributed by atoms with E-state index in [9.17, 15) is 14.8 Å². The number of rotatable bonds is 5. The fourth-order valence-electron chi connectivity index (χ4n) is 2.80. The van der Waals surface area contributed by atoms with Gasteiger partial charge in [0.25, 0.3) is 0 Å². The zero-order valence-electron chi connectivity index (χ0n) is 12.8. The van der Waals surface area contributed by atoms with Crippen molar-refractivity contribution >= 4 is 40.0 Å². The number of benzene rings is 1. The molecule has 1 aromatic carbocycles. The van der Waals surface area contributed by atoms with E-state index in [2.05, 4.69) is 17.4 Å². The summed E-state index contributed by atoms with van der Waals surface area (Å²) in [4.78, 5) is 25.2. The van der Waals surface area contributed by atoms with E-state index in [0.29, 0.717) is 23.8 Å². The Morgan fingerprint density at radius 1 is 1.42 bits per heavy atom. The fraction of sp³-hybridized carbons (Fsp3) is 0.250. The molecule has 1 aromatic heterocycles. The van der Waals surface area contributed by atoms with Crippen molar-refractivity contribution in [1.29, 1.82) is 0 Å². The maximum absolute atomic E-state index is 12.2. The minimum atomic E-state index is -0.165. The van der Waals surface area contributed by atoms with Gasteiger partial charge >= 0.3 is 0 Å². The number of carbonyl (C=O) groups excluding carboxylic acids is 2. The topological polar surface area (TPSA) is 86.6 Å². The molecule has 8 heteroatoms. The van der Waals surface area contributed by atoms with Crippen molar-refractivity contribution in [2.45, 2.75) is 12.6 Å². The van der Waals surface area contributed by atoms with Gasteiger partial charge in [0.2, 0.25) is 11.8 Å². The zero-order chi connectivity index (χ0) is 17.3. The van der Waals surface area contributed by atoms with Crippen LogP contribution in [0.25, 0.3) is 10.9 Å². The number of aromatic nitrogens is 1. The quantitative estimate of drug-likeness (QED) is 0.566. The van der Waals surface area contributed by atoms with Crippen LogP contribution in [0.15, 0.2) is 37.1 Å². The van der Waals surface area contributed by atoms with Crippen LogP contribution in [0.1, 0.15) is 0 Å². The van der Waals surface area contributed by atoms with E-state index in [1.807, 2.05) is 0 Å². The van der Waals surface area contributed by atoms with Crippen LogP contribution in [0.3, 0.4) is 0 Å². The van der Waals surface area contributed by atoms with Gasteiger partial charge in [0.1, 0.15) is 6.54 Å². The second-order valence-corrected chi connectivity index (χ2v) is 6.09. The van der Waals surface area contributed by atoms with Crippen molar-refractivity contribution in [3.8, 4) is 0 Å². The largest absolute Gasteiger partial charge is 0.348 e. The van der Waals surface area contributed by atoms with Crippen molar-refractivity contribution < 1.29 is 14.8 Å². The highest BCUT2D eigenvalue weighted by molar-refractivity contribution is 6.31. The minimum absolute atomic E-state index is 0.0480. The second kappa shape index (κ2) is 6.54. The molecule has 1 aliphatic rings. The van der Waals surface area contributed by atoms with Crippen molar-refractivity contribution in [3.05, 3.63) is 42.1 Å². The van der Waals surface area contributed by atoms with Crippen molar-refractivity contribution in [1.82, 2.24) is 14.8 Å². The molecule has 7 nitrogen and oxygen atoms in total. The summed E-state index contributed by atoms with van der Waals surface area (Å²) in [5.74, 6) is -0.297. The van der Waals surface area contributed by atoms with E-state index in [1.165, 1.54) is 6.08 Å². The molecular weight excluding hydrogens is 332 g/mol. The Labute approximate surface area is 143 Å². The number of halogens is 1. The molecule has 0 atom stereocenters. The predicted octanol–water partition coefficient (Wildman–Crippen LogP) is 1.61. The molecule has 3 N–H and O–H groups in total. The highest BCUT2D eigenvalue weighted by Crippen LogP contribution is 2.28. The van der Waals surface area contributed by atoms with Crippen LogP contribution in [-0.2, 0) is 16.1 Å². The number of fused-ring (bicyclic) bond motifs is 1. The molecule has 0 radical (unpaired) electrons. The number of hydrogen-bond acceptors (Lipinski definition) is 4. The molecule has 1 fully saturated rings. The molecule has 1 aliphatic heterocycles. The normalized spacial score (nSPS) is 14.3. The Kier molecular flexibility index (Phi) is 4.46. The number of carbonyl (C=O) groups is 2. The molecule has 0 bridgehead atoms. The first-order chi connectivity index (χ1) is 11.5. The number of anilines is 1. The van der Waals surface area contributed by atoms with E-state index in [4.69, 9.17) is 11.6 Å². The average molecular weight is 349 g/mol. The summed E-state index contributed by atoms with van der Waals surface area (Å²) in [5.41, 5.74) is 3.37. The van der Waals surface area contributed by atoms with E-state index in [-0.39, 0.29) is 24.4 Å². The second-order valence-electron chi connectivity index (χ2n) is 5.66. The van der Waals surface area contributed by atoms with Gasteiger partial charge in [-0.3, -0.25) is 20.3 Å². The summed E-state index contributed by atoms with van der Waals surface area (Å²) in [6.07, 6.45) is 2.91. The molecule has 2 aromatic rings. The van der Waals surface area contributed by atoms with E-state index < -0.39 is 0 Å². The van der Waals surface area contributed by atoms with Crippen LogP contribution in [-0.4, -0.2) is 45.6 Å². The van der Waals surface area contributed by atoms with Crippen LogP contribution >= 0.6 is 11.6 Å². The Bertz CT molecular complexity index is 811. The first-order valence-corrected chi connectivity index (χ1v) is 7.79. The number of nitrogens with zero attached hydrogens (tertiary/aromatic N) is 2. The molecule has 0 aliphatic carbocycles. The Hall–Kier alpha value is -2.51. The predicted molar refractivity (Wildman–Crippen MR) is 91.1 cm³/mol. The van der Waals surface area contributed by atoms with Gasteiger partial charge in [-0.2, -0.15) is 0 Å². The van der Waals surface area contributed by atoms with Crippen LogP contribution in [0.5, 0.6) is 0 Å². The molecule has 0 unspecified atom stereocenters. The van der Waals surface area contributed by atoms with Crippen molar-refractivity contribution in [2.75, 3.05) is 18.6 Å². The number of nitrogens with one attached hydrogen (secondary N) is 2. The molecule has 1 saturated heterocycles. The molecular formula is C16H17ClN4O3. The van der Waals surface area contributed by atoms with Gasteiger partial charge in [0.05, 0.1) is 17.2 Å². The van der Waals surface area contributed by atoms with E-state index in [0.717, 1.165) is 10.9 Å². The first kappa shape index (κ1) is 16.4. The maximum atomic E-state index is 12.2. The lowest BCUT2D eigenvalue weighted by atomic mass is 10.1. The molecule has 3 rings (SSSR count). The molecule has 0 saturated carbocycles. The van der Waals surface area contributed by atoms with Crippen molar-refractivity contribution in [2.24, 2.45) is 0 Å². The summed E-state index contributed by atoms with van der Waals surface area (Å²) >= 11 is 5.97. The number of likely N-dealkylation sites (tertiary alicyclic amines) is 1. The van der Waals surface area contributed by atoms with Gasteiger partial charge in [-0.25, -0.2) is 0 Å². The maximum Gasteiger partial charge on any atom is 0.246 e. The SMILES string of the molecule is C=CC(=O)N1CC(NC(=O)Cn2cc(NO)c3cc(Cl)ccc32)C1. The molecule has 2 heterocycles. The van der Waals surface area contributed by atoms with Gasteiger partial charge in [-0.1, -0.05) is 18.2 Å². The van der Waals surface area contributed by atoms with Crippen LogP contribution in [0.4, 0.5) is 5.69 Å². The lowest BCUT2D eigenvalue weighted by Crippen LogP contribution is -2.61. The monoisotopic (exact) mass is 348 g/mol. The molecule has 2 amide bonds. The van der Waals surface area contributed by atoms with E-state index >= 15 is 0 Å². The standard InChI is InChI=1S/C16H17ClN4O3/c1-2-16(23)21-6-11(7-21)18-15(22)9-20-8-13(19-24)12-5-10(17)3-4-14(12)20/h2-5,8,11,19,24H,1,6-7,9H2,(H,18,22). The number of amides is 2. The lowest BCUT2D eigenvalue weighted by Gasteiger charge is -2.38. The minimum Gasteiger partial charge on any atom is -0.348 e. The molecule has 24 heavy (non-hydrogen) atoms. The fourth-order valence-corrected chi connectivity index (χ4v) is 2.97. The van der Waals surface area contributed by atoms with Crippen LogP contribution in [0, 0.1) is 0 Å². The van der Waals surface area contributed by atoms with Crippen LogP contribution in [0.2, 0.25) is 5.02 Å². The first-order valence-electron chi connectivity index (χ1n) is 7.41. The molecule has 0 spiro atoms. The highest BCUT2D eigenvalue weighted by Gasteiger charge is 2.30. The third kappa shape index (κ3) is 3.08. The third-order valence-electron chi connectivity index (χ3n) is 4.01. The Morgan fingerprint density at radius 3 is 2.83 bits per heavy atom. The smallest absolute Gasteiger partial charge is 0.246 e. The van der Waals surface area contributed by atoms with Crippen molar-refractivity contribution in [3.63, 3.8) is 0 Å². The molecule has 126 valence electrons. The zero-order valence-corrected chi connectivity index (χ0v) is 13.6. The Balaban J connectivity index is 1.66. The van der Waals surface area contributed by atoms with Gasteiger partial charge in [-0.15, -0.1) is 0 Å². The van der Waals surface area contributed by atoms with Gasteiger partial charge in [0, 0.05) is 29.7 Å². The highest BCUT2D eigenvalue weighted by atomic mass is 35.5. The van der Waals surface area contributed by atoms with Gasteiger partial charge in [0.15, 0.2) is 0 Å². The summed E-state index contributed by atoms with van der Waals surface area (Å²) in [7, 11) is 0. The lowest BCUT2D eigenvalue weighted by molar-refractivity contribution is -0.133. The summed E-state index contributed by atoms with van der Waals surface area (Å²) in [6.45, 7) is 4.51. The Morgan fingerprint density at radius 2 is 2.17 bits per heavy atom. The van der Waals surface area contributed by atoms with Gasteiger partial charge in [-0.05, 0) is 24.3 Å². The van der Waals surface area contributed by atoms with Crippen LogP contribution < -0.4 is 10.8 Å². The van der Waals surface area contributed by atoms with Gasteiger partial charge < -0.3 is 14.8 Å². The third-order valence-corrected chi connectivity index (χ3v) is 4.25. The number of hydrogen-bond donors (Lipinski definition) is 3. The summed E-state index contributed by atoms with van der Waals surface area (Å²) < 4.78 is 1.73.